The molecule has 0 saturated carbocycles. The molecule has 0 aromatic carbocycles. The van der Waals surface area contributed by atoms with Gasteiger partial charge in [-0.3, -0.25) is 0 Å². The minimum Gasteiger partial charge on any atom is -0.410 e. The van der Waals surface area contributed by atoms with Crippen LogP contribution in [0, 0.1) is 0 Å². The first-order chi connectivity index (χ1) is 5.74. The maximum Gasteiger partial charge on any atom is 0.133 e. The zero-order chi connectivity index (χ0) is 8.97. The van der Waals surface area contributed by atoms with E-state index >= 15 is 0 Å². The minimum atomic E-state index is 0.515. The normalized spacial score (nSPS) is 10.5. The van der Waals surface area contributed by atoms with Gasteiger partial charge < -0.3 is 10.5 Å². The molecule has 0 fully saturated rings. The smallest absolute Gasteiger partial charge is 0.133 e. The lowest BCUT2D eigenvalue weighted by Gasteiger charge is -1.99. The van der Waals surface area contributed by atoms with E-state index in [4.69, 9.17) is 16.8 Å². The van der Waals surface area contributed by atoms with Crippen molar-refractivity contribution in [2.75, 3.05) is 5.32 Å². The van der Waals surface area contributed by atoms with Gasteiger partial charge in [-0.1, -0.05) is 16.8 Å². The molecule has 0 aliphatic carbocycles. The van der Waals surface area contributed by atoms with Crippen LogP contribution in [0.1, 0.15) is 0 Å². The summed E-state index contributed by atoms with van der Waals surface area (Å²) in [6.45, 7) is 0. The van der Waals surface area contributed by atoms with Crippen LogP contribution in [0.25, 0.3) is 0 Å². The van der Waals surface area contributed by atoms with Gasteiger partial charge in [0.05, 0.1) is 9.50 Å². The zero-order valence-electron chi connectivity index (χ0n) is 5.83. The summed E-state index contributed by atoms with van der Waals surface area (Å²) in [6, 6.07) is 1.60. The molecule has 0 bridgehead atoms. The summed E-state index contributed by atoms with van der Waals surface area (Å²) in [4.78, 5) is 3.93. The summed E-state index contributed by atoms with van der Waals surface area (Å²) >= 11 is 8.95. The Morgan fingerprint density at radius 1 is 1.75 bits per heavy atom. The average molecular weight is 250 g/mol. The lowest BCUT2D eigenvalue weighted by atomic mass is 10.4. The summed E-state index contributed by atoms with van der Waals surface area (Å²) in [6.07, 6.45) is 2.66. The predicted octanol–water partition coefficient (Wildman–Crippen LogP) is 2.33. The number of pyridine rings is 1. The first-order valence-electron chi connectivity index (χ1n) is 2.97. The third kappa shape index (κ3) is 2.35. The van der Waals surface area contributed by atoms with Crippen molar-refractivity contribution in [3.05, 3.63) is 21.8 Å². The highest BCUT2D eigenvalue weighted by Gasteiger charge is 1.98. The molecule has 0 atom stereocenters. The van der Waals surface area contributed by atoms with E-state index < -0.39 is 0 Å². The van der Waals surface area contributed by atoms with Crippen molar-refractivity contribution in [3.63, 3.8) is 0 Å². The zero-order valence-corrected chi connectivity index (χ0v) is 8.17. The van der Waals surface area contributed by atoms with Crippen molar-refractivity contribution < 1.29 is 5.21 Å². The van der Waals surface area contributed by atoms with Gasteiger partial charge in [0.2, 0.25) is 0 Å². The molecule has 2 N–H and O–H groups in total. The van der Waals surface area contributed by atoms with Crippen LogP contribution in [0.3, 0.4) is 0 Å². The fourth-order valence-corrected chi connectivity index (χ4v) is 0.957. The van der Waals surface area contributed by atoms with Gasteiger partial charge in [-0.25, -0.2) is 4.98 Å². The fourth-order valence-electron chi connectivity index (χ4n) is 0.588. The SMILES string of the molecule is ON=CNc1cc(Cl)c(Br)cn1. The Morgan fingerprint density at radius 2 is 2.50 bits per heavy atom. The van der Waals surface area contributed by atoms with Crippen LogP contribution in [0.15, 0.2) is 21.9 Å². The van der Waals surface area contributed by atoms with Gasteiger partial charge in [-0.15, -0.1) is 0 Å². The lowest BCUT2D eigenvalue weighted by Crippen LogP contribution is -1.96. The molecule has 12 heavy (non-hydrogen) atoms. The minimum absolute atomic E-state index is 0.515. The molecule has 0 aliphatic heterocycles. The van der Waals surface area contributed by atoms with Crippen molar-refractivity contribution >= 4 is 39.7 Å². The molecular formula is C6H5BrClN3O. The predicted molar refractivity (Wildman–Crippen MR) is 50.8 cm³/mol. The van der Waals surface area contributed by atoms with E-state index in [1.54, 1.807) is 12.3 Å². The van der Waals surface area contributed by atoms with E-state index in [1.165, 1.54) is 0 Å². The summed E-state index contributed by atoms with van der Waals surface area (Å²) in [5.41, 5.74) is 0. The van der Waals surface area contributed by atoms with Crippen molar-refractivity contribution in [1.29, 1.82) is 0 Å². The Bertz CT molecular complexity index is 305. The molecule has 0 saturated heterocycles. The molecule has 1 aromatic rings. The molecule has 1 aromatic heterocycles. The molecule has 0 unspecified atom stereocenters. The van der Waals surface area contributed by atoms with Gasteiger partial charge in [0.25, 0.3) is 0 Å². The van der Waals surface area contributed by atoms with Crippen molar-refractivity contribution in [2.45, 2.75) is 0 Å². The highest BCUT2D eigenvalue weighted by molar-refractivity contribution is 9.10. The Kier molecular flexibility index (Phi) is 3.31. The van der Waals surface area contributed by atoms with E-state index in [9.17, 15) is 0 Å². The molecule has 64 valence electrons. The highest BCUT2D eigenvalue weighted by Crippen LogP contribution is 2.22. The Hall–Kier alpha value is -0.810. The maximum atomic E-state index is 8.09. The van der Waals surface area contributed by atoms with E-state index in [0.29, 0.717) is 10.8 Å². The van der Waals surface area contributed by atoms with Crippen LogP contribution in [0.2, 0.25) is 5.02 Å². The molecule has 4 nitrogen and oxygen atoms in total. The molecule has 1 heterocycles. The Morgan fingerprint density at radius 3 is 3.08 bits per heavy atom. The fraction of sp³-hybridized carbons (Fsp3) is 0. The average Bonchev–Trinajstić information content (AvgIpc) is 2.07. The third-order valence-corrected chi connectivity index (χ3v) is 2.25. The van der Waals surface area contributed by atoms with Crippen LogP contribution in [-0.2, 0) is 0 Å². The largest absolute Gasteiger partial charge is 0.410 e. The third-order valence-electron chi connectivity index (χ3n) is 1.08. The van der Waals surface area contributed by atoms with Crippen molar-refractivity contribution in [2.24, 2.45) is 5.16 Å². The van der Waals surface area contributed by atoms with Gasteiger partial charge >= 0.3 is 0 Å². The van der Waals surface area contributed by atoms with Crippen LogP contribution in [0.4, 0.5) is 5.82 Å². The summed E-state index contributed by atoms with van der Waals surface area (Å²) < 4.78 is 0.718. The number of oxime groups is 1. The highest BCUT2D eigenvalue weighted by atomic mass is 79.9. The maximum absolute atomic E-state index is 8.09. The number of hydrogen-bond donors (Lipinski definition) is 2. The van der Waals surface area contributed by atoms with E-state index in [2.05, 4.69) is 31.4 Å². The van der Waals surface area contributed by atoms with Crippen molar-refractivity contribution in [3.8, 4) is 0 Å². The topological polar surface area (TPSA) is 57.5 Å². The van der Waals surface area contributed by atoms with E-state index in [-0.39, 0.29) is 0 Å². The van der Waals surface area contributed by atoms with Gasteiger partial charge in [0, 0.05) is 12.3 Å². The summed E-state index contributed by atoms with van der Waals surface area (Å²) in [5.74, 6) is 0.515. The second-order valence-electron chi connectivity index (χ2n) is 1.87. The molecular weight excluding hydrogens is 245 g/mol. The van der Waals surface area contributed by atoms with E-state index in [0.717, 1.165) is 10.8 Å². The summed E-state index contributed by atoms with van der Waals surface area (Å²) in [7, 11) is 0. The second-order valence-corrected chi connectivity index (χ2v) is 3.13. The molecule has 0 radical (unpaired) electrons. The monoisotopic (exact) mass is 249 g/mol. The number of nitrogens with one attached hydrogen (secondary N) is 1. The quantitative estimate of drug-likeness (QED) is 0.366. The number of halogens is 2. The first kappa shape index (κ1) is 9.28. The first-order valence-corrected chi connectivity index (χ1v) is 4.14. The second kappa shape index (κ2) is 4.27. The Balaban J connectivity index is 2.82. The molecule has 1 rings (SSSR count). The van der Waals surface area contributed by atoms with Crippen LogP contribution >= 0.6 is 27.5 Å². The molecule has 0 spiro atoms. The number of nitrogens with zero attached hydrogens (tertiary/aromatic N) is 2. The molecule has 0 amide bonds. The van der Waals surface area contributed by atoms with Gasteiger partial charge in [-0.2, -0.15) is 0 Å². The van der Waals surface area contributed by atoms with Crippen molar-refractivity contribution in [1.82, 2.24) is 4.98 Å². The molecule has 6 heteroatoms. The number of aromatic nitrogens is 1. The summed E-state index contributed by atoms with van der Waals surface area (Å²) in [5, 5.41) is 14.0. The van der Waals surface area contributed by atoms with E-state index in [1.807, 2.05) is 0 Å². The lowest BCUT2D eigenvalue weighted by molar-refractivity contribution is 0.321. The number of hydrogen-bond acceptors (Lipinski definition) is 3. The molecule has 0 aliphatic rings. The van der Waals surface area contributed by atoms with Crippen LogP contribution in [0.5, 0.6) is 0 Å². The van der Waals surface area contributed by atoms with Crippen LogP contribution < -0.4 is 5.32 Å². The van der Waals surface area contributed by atoms with Gasteiger partial charge in [-0.05, 0) is 15.9 Å². The van der Waals surface area contributed by atoms with Gasteiger partial charge in [0.1, 0.15) is 12.2 Å². The van der Waals surface area contributed by atoms with Crippen LogP contribution in [-0.4, -0.2) is 16.5 Å². The number of rotatable bonds is 2. The standard InChI is InChI=1S/C6H5BrClN3O/c7-4-2-9-6(1-5(4)8)10-3-11-12/h1-3,12H,(H,9,10,11). The van der Waals surface area contributed by atoms with Gasteiger partial charge in [0.15, 0.2) is 0 Å². The Labute approximate surface area is 82.4 Å². The number of anilines is 1.